The molecule has 3 atom stereocenters. The van der Waals surface area contributed by atoms with Gasteiger partial charge in [0, 0.05) is 11.7 Å². The maximum absolute atomic E-state index is 12.9. The van der Waals surface area contributed by atoms with Crippen LogP contribution in [0.5, 0.6) is 0 Å². The number of aliphatic hydroxyl groups is 1. The van der Waals surface area contributed by atoms with Crippen LogP contribution in [0.4, 0.5) is 4.39 Å². The van der Waals surface area contributed by atoms with E-state index in [1.54, 1.807) is 0 Å². The van der Waals surface area contributed by atoms with Crippen molar-refractivity contribution in [2.24, 2.45) is 5.41 Å². The third kappa shape index (κ3) is 2.01. The van der Waals surface area contributed by atoms with Gasteiger partial charge in [-0.1, -0.05) is 19.1 Å². The molecule has 0 bridgehead atoms. The molecule has 0 aliphatic heterocycles. The number of benzene rings is 1. The van der Waals surface area contributed by atoms with E-state index in [9.17, 15) is 27.8 Å². The van der Waals surface area contributed by atoms with Crippen LogP contribution < -0.4 is 0 Å². The number of carbonyl (C=O) groups is 1. The van der Waals surface area contributed by atoms with Gasteiger partial charge in [-0.05, 0) is 17.7 Å². The number of aliphatic carboxylic acids is 1. The van der Waals surface area contributed by atoms with E-state index < -0.39 is 44.8 Å². The highest BCUT2D eigenvalue weighted by atomic mass is 32.2. The largest absolute Gasteiger partial charge is 0.481 e. The number of aliphatic hydroxyl groups excluding tert-OH is 1. The van der Waals surface area contributed by atoms with Crippen molar-refractivity contribution in [3.8, 4) is 0 Å². The Balaban J connectivity index is 2.50. The highest BCUT2D eigenvalue weighted by Gasteiger charge is 2.75. The van der Waals surface area contributed by atoms with Crippen molar-refractivity contribution in [2.45, 2.75) is 18.1 Å². The standard InChI is InChI=1S/C13H15FO5S/c1-2-20(18,19)11-10(13(11,7-15)12(16)17)8-3-5-9(14)6-4-8/h3-6,10-11,15H,2,7H2,1H3,(H,16,17)/t10-,11+,13-/m0/s1. The minimum atomic E-state index is -3.63. The summed E-state index contributed by atoms with van der Waals surface area (Å²) in [6.07, 6.45) is 0. The molecule has 1 aliphatic rings. The molecular weight excluding hydrogens is 287 g/mol. The van der Waals surface area contributed by atoms with Crippen LogP contribution in [0.3, 0.4) is 0 Å². The number of hydrogen-bond donors (Lipinski definition) is 2. The molecule has 0 saturated heterocycles. The molecule has 1 saturated carbocycles. The fraction of sp³-hybridized carbons (Fsp3) is 0.462. The molecule has 5 nitrogen and oxygen atoms in total. The van der Waals surface area contributed by atoms with E-state index in [-0.39, 0.29) is 5.75 Å². The third-order valence-corrected chi connectivity index (χ3v) is 6.21. The number of halogens is 1. The summed E-state index contributed by atoms with van der Waals surface area (Å²) in [5.74, 6) is -2.90. The zero-order valence-corrected chi connectivity index (χ0v) is 11.6. The van der Waals surface area contributed by atoms with Crippen LogP contribution in [-0.4, -0.2) is 42.2 Å². The summed E-state index contributed by atoms with van der Waals surface area (Å²) in [6, 6.07) is 5.01. The lowest BCUT2D eigenvalue weighted by atomic mass is 10.0. The maximum Gasteiger partial charge on any atom is 0.314 e. The zero-order chi connectivity index (χ0) is 15.1. The summed E-state index contributed by atoms with van der Waals surface area (Å²) in [4.78, 5) is 11.4. The molecule has 20 heavy (non-hydrogen) atoms. The number of carboxylic acids is 1. The van der Waals surface area contributed by atoms with Crippen molar-refractivity contribution >= 4 is 15.8 Å². The number of carboxylic acid groups (broad SMARTS) is 1. The second kappa shape index (κ2) is 4.82. The first kappa shape index (κ1) is 14.9. The van der Waals surface area contributed by atoms with Gasteiger partial charge in [0.15, 0.2) is 9.84 Å². The minimum absolute atomic E-state index is 0.204. The summed E-state index contributed by atoms with van der Waals surface area (Å²) in [7, 11) is -3.63. The van der Waals surface area contributed by atoms with Gasteiger partial charge in [0.25, 0.3) is 0 Å². The Kier molecular flexibility index (Phi) is 3.60. The minimum Gasteiger partial charge on any atom is -0.481 e. The molecule has 0 aromatic heterocycles. The van der Waals surface area contributed by atoms with Crippen LogP contribution in [0.15, 0.2) is 24.3 Å². The van der Waals surface area contributed by atoms with Crippen molar-refractivity contribution in [1.29, 1.82) is 0 Å². The van der Waals surface area contributed by atoms with Crippen LogP contribution >= 0.6 is 0 Å². The van der Waals surface area contributed by atoms with Crippen LogP contribution in [0.25, 0.3) is 0 Å². The van der Waals surface area contributed by atoms with Gasteiger partial charge in [-0.2, -0.15) is 0 Å². The van der Waals surface area contributed by atoms with Crippen molar-refractivity contribution in [3.63, 3.8) is 0 Å². The first-order valence-corrected chi connectivity index (χ1v) is 7.84. The third-order valence-electron chi connectivity index (χ3n) is 3.93. The second-order valence-corrected chi connectivity index (χ2v) is 7.32. The fourth-order valence-electron chi connectivity index (χ4n) is 2.77. The molecule has 0 radical (unpaired) electrons. The molecule has 0 amide bonds. The lowest BCUT2D eigenvalue weighted by molar-refractivity contribution is -0.145. The first-order valence-electron chi connectivity index (χ1n) is 6.12. The van der Waals surface area contributed by atoms with Crippen molar-refractivity contribution in [1.82, 2.24) is 0 Å². The molecule has 2 rings (SSSR count). The Morgan fingerprint density at radius 1 is 1.35 bits per heavy atom. The molecule has 0 spiro atoms. The Morgan fingerprint density at radius 2 is 1.90 bits per heavy atom. The molecule has 1 aromatic rings. The Hall–Kier alpha value is -1.47. The molecule has 0 heterocycles. The van der Waals surface area contributed by atoms with E-state index in [1.165, 1.54) is 19.1 Å². The van der Waals surface area contributed by atoms with Gasteiger partial charge in [0.2, 0.25) is 0 Å². The summed E-state index contributed by atoms with van der Waals surface area (Å²) in [5, 5.41) is 17.6. The summed E-state index contributed by atoms with van der Waals surface area (Å²) < 4.78 is 37.0. The van der Waals surface area contributed by atoms with E-state index in [2.05, 4.69) is 0 Å². The quantitative estimate of drug-likeness (QED) is 0.839. The number of rotatable bonds is 5. The molecule has 7 heteroatoms. The van der Waals surface area contributed by atoms with Gasteiger partial charge in [-0.15, -0.1) is 0 Å². The monoisotopic (exact) mass is 302 g/mol. The normalized spacial score (nSPS) is 29.1. The summed E-state index contributed by atoms with van der Waals surface area (Å²) >= 11 is 0. The van der Waals surface area contributed by atoms with Gasteiger partial charge in [0.1, 0.15) is 11.2 Å². The van der Waals surface area contributed by atoms with E-state index in [0.29, 0.717) is 5.56 Å². The maximum atomic E-state index is 12.9. The van der Waals surface area contributed by atoms with Gasteiger partial charge >= 0.3 is 5.97 Å². The highest BCUT2D eigenvalue weighted by molar-refractivity contribution is 7.92. The van der Waals surface area contributed by atoms with E-state index in [0.717, 1.165) is 12.1 Å². The highest BCUT2D eigenvalue weighted by Crippen LogP contribution is 2.63. The summed E-state index contributed by atoms with van der Waals surface area (Å²) in [6.45, 7) is 0.660. The first-order chi connectivity index (χ1) is 9.31. The topological polar surface area (TPSA) is 91.7 Å². The predicted octanol–water partition coefficient (Wildman–Crippen LogP) is 0.790. The molecule has 110 valence electrons. The molecular formula is C13H15FO5S. The average molecular weight is 302 g/mol. The smallest absolute Gasteiger partial charge is 0.314 e. The molecule has 0 unspecified atom stereocenters. The molecule has 2 N–H and O–H groups in total. The number of hydrogen-bond acceptors (Lipinski definition) is 4. The number of sulfone groups is 1. The Bertz CT molecular complexity index is 625. The zero-order valence-electron chi connectivity index (χ0n) is 10.8. The lowest BCUT2D eigenvalue weighted by Crippen LogP contribution is -2.28. The predicted molar refractivity (Wildman–Crippen MR) is 69.5 cm³/mol. The molecule has 1 aromatic carbocycles. The van der Waals surface area contributed by atoms with E-state index in [1.807, 2.05) is 0 Å². The van der Waals surface area contributed by atoms with Crippen LogP contribution in [-0.2, 0) is 14.6 Å². The van der Waals surface area contributed by atoms with Crippen LogP contribution in [0.1, 0.15) is 18.4 Å². The van der Waals surface area contributed by atoms with Crippen molar-refractivity contribution in [3.05, 3.63) is 35.6 Å². The van der Waals surface area contributed by atoms with Crippen molar-refractivity contribution in [2.75, 3.05) is 12.4 Å². The second-order valence-electron chi connectivity index (χ2n) is 4.90. The van der Waals surface area contributed by atoms with Crippen LogP contribution in [0.2, 0.25) is 0 Å². The SMILES string of the molecule is CCS(=O)(=O)[C@@H]1[C@H](c2ccc(F)cc2)[C@]1(CO)C(=O)O. The Labute approximate surface area is 116 Å². The van der Waals surface area contributed by atoms with Gasteiger partial charge in [0.05, 0.1) is 11.9 Å². The van der Waals surface area contributed by atoms with Crippen LogP contribution in [0, 0.1) is 11.2 Å². The van der Waals surface area contributed by atoms with Gasteiger partial charge in [-0.3, -0.25) is 4.79 Å². The van der Waals surface area contributed by atoms with E-state index in [4.69, 9.17) is 0 Å². The lowest BCUT2D eigenvalue weighted by Gasteiger charge is -2.08. The summed E-state index contributed by atoms with van der Waals surface area (Å²) in [5.41, 5.74) is -1.32. The van der Waals surface area contributed by atoms with Gasteiger partial charge in [-0.25, -0.2) is 12.8 Å². The molecule has 1 aliphatic carbocycles. The average Bonchev–Trinajstić information content (AvgIpc) is 3.11. The van der Waals surface area contributed by atoms with Gasteiger partial charge < -0.3 is 10.2 Å². The van der Waals surface area contributed by atoms with E-state index >= 15 is 0 Å². The Morgan fingerprint density at radius 3 is 2.30 bits per heavy atom. The fourth-order valence-corrected chi connectivity index (χ4v) is 4.82. The van der Waals surface area contributed by atoms with Crippen molar-refractivity contribution < 1.29 is 27.8 Å². The molecule has 1 fully saturated rings.